The number of anilines is 1. The molecule has 1 aromatic carbocycles. The van der Waals surface area contributed by atoms with Gasteiger partial charge in [-0.15, -0.1) is 0 Å². The Hall–Kier alpha value is -1.11. The van der Waals surface area contributed by atoms with Gasteiger partial charge in [0.05, 0.1) is 4.90 Å². The number of rotatable bonds is 3. The van der Waals surface area contributed by atoms with E-state index in [2.05, 4.69) is 4.90 Å². The molecule has 6 heteroatoms. The van der Waals surface area contributed by atoms with Crippen molar-refractivity contribution in [3.8, 4) is 0 Å². The molecule has 1 heterocycles. The third kappa shape index (κ3) is 2.82. The molecule has 1 aliphatic rings. The first-order chi connectivity index (χ1) is 8.38. The first-order valence-electron chi connectivity index (χ1n) is 6.01. The summed E-state index contributed by atoms with van der Waals surface area (Å²) in [6, 6.07) is 6.87. The number of nitrogens with zero attached hydrogens (tertiary/aromatic N) is 1. The Balaban J connectivity index is 2.12. The van der Waals surface area contributed by atoms with Crippen LogP contribution in [0.4, 0.5) is 5.69 Å². The van der Waals surface area contributed by atoms with Gasteiger partial charge in [-0.05, 0) is 43.5 Å². The van der Waals surface area contributed by atoms with Crippen molar-refractivity contribution in [2.24, 2.45) is 16.8 Å². The molecule has 100 valence electrons. The van der Waals surface area contributed by atoms with Gasteiger partial charge in [-0.3, -0.25) is 0 Å². The molecule has 1 fully saturated rings. The van der Waals surface area contributed by atoms with Crippen LogP contribution in [0.2, 0.25) is 0 Å². The van der Waals surface area contributed by atoms with Crippen molar-refractivity contribution in [2.45, 2.75) is 24.3 Å². The van der Waals surface area contributed by atoms with Crippen LogP contribution in [0.5, 0.6) is 0 Å². The van der Waals surface area contributed by atoms with E-state index in [9.17, 15) is 8.42 Å². The lowest BCUT2D eigenvalue weighted by atomic mass is 10.0. The minimum atomic E-state index is -3.61. The lowest BCUT2D eigenvalue weighted by Crippen LogP contribution is -2.29. The summed E-state index contributed by atoms with van der Waals surface area (Å²) >= 11 is 0. The van der Waals surface area contributed by atoms with Gasteiger partial charge in [-0.1, -0.05) is 0 Å². The van der Waals surface area contributed by atoms with E-state index in [1.165, 1.54) is 0 Å². The molecule has 2 atom stereocenters. The van der Waals surface area contributed by atoms with Crippen molar-refractivity contribution < 1.29 is 8.42 Å². The van der Waals surface area contributed by atoms with Gasteiger partial charge in [0, 0.05) is 24.8 Å². The number of nitrogens with two attached hydrogens (primary N) is 2. The average molecular weight is 269 g/mol. The highest BCUT2D eigenvalue weighted by Gasteiger charge is 2.25. The average Bonchev–Trinajstić information content (AvgIpc) is 2.77. The number of benzene rings is 1. The second-order valence-corrected chi connectivity index (χ2v) is 6.45. The maximum Gasteiger partial charge on any atom is 0.238 e. The number of sulfonamides is 1. The Kier molecular flexibility index (Phi) is 3.61. The molecule has 4 N–H and O–H groups in total. The molecule has 18 heavy (non-hydrogen) atoms. The van der Waals surface area contributed by atoms with Gasteiger partial charge in [0.15, 0.2) is 0 Å². The van der Waals surface area contributed by atoms with Gasteiger partial charge >= 0.3 is 0 Å². The van der Waals surface area contributed by atoms with Crippen LogP contribution < -0.4 is 15.8 Å². The molecule has 5 nitrogen and oxygen atoms in total. The summed E-state index contributed by atoms with van der Waals surface area (Å²) in [6.45, 7) is 3.91. The molecule has 1 saturated heterocycles. The fourth-order valence-corrected chi connectivity index (χ4v) is 2.81. The van der Waals surface area contributed by atoms with Crippen molar-refractivity contribution >= 4 is 15.7 Å². The van der Waals surface area contributed by atoms with E-state index < -0.39 is 10.0 Å². The van der Waals surface area contributed by atoms with Crippen molar-refractivity contribution in [3.63, 3.8) is 0 Å². The first-order valence-corrected chi connectivity index (χ1v) is 7.56. The number of primary sulfonamides is 1. The summed E-state index contributed by atoms with van der Waals surface area (Å²) in [5, 5.41) is 5.06. The number of hydrogen-bond acceptors (Lipinski definition) is 4. The van der Waals surface area contributed by atoms with Crippen LogP contribution in [-0.2, 0) is 10.0 Å². The normalized spacial score (nSPS) is 22.2. The fourth-order valence-electron chi connectivity index (χ4n) is 2.30. The van der Waals surface area contributed by atoms with Gasteiger partial charge in [0.2, 0.25) is 10.0 Å². The summed E-state index contributed by atoms with van der Waals surface area (Å²) in [7, 11) is -3.61. The summed E-state index contributed by atoms with van der Waals surface area (Å²) in [5.41, 5.74) is 6.92. The van der Waals surface area contributed by atoms with Crippen LogP contribution in [0.25, 0.3) is 0 Å². The smallest absolute Gasteiger partial charge is 0.238 e. The second kappa shape index (κ2) is 4.87. The maximum absolute atomic E-state index is 11.2. The minimum Gasteiger partial charge on any atom is -0.371 e. The van der Waals surface area contributed by atoms with Crippen LogP contribution in [0.15, 0.2) is 29.2 Å². The predicted octanol–water partition coefficient (Wildman–Crippen LogP) is 0.508. The molecule has 2 rings (SSSR count). The highest BCUT2D eigenvalue weighted by molar-refractivity contribution is 7.89. The van der Waals surface area contributed by atoms with E-state index in [0.29, 0.717) is 5.92 Å². The van der Waals surface area contributed by atoms with E-state index >= 15 is 0 Å². The first kappa shape index (κ1) is 13.3. The van der Waals surface area contributed by atoms with E-state index in [0.717, 1.165) is 25.2 Å². The lowest BCUT2D eigenvalue weighted by Gasteiger charge is -2.20. The zero-order chi connectivity index (χ0) is 13.3. The Labute approximate surface area is 108 Å². The van der Waals surface area contributed by atoms with Crippen molar-refractivity contribution in [2.75, 3.05) is 18.0 Å². The van der Waals surface area contributed by atoms with Gasteiger partial charge in [-0.25, -0.2) is 13.6 Å². The second-order valence-electron chi connectivity index (χ2n) is 4.89. The Morgan fingerprint density at radius 2 is 1.94 bits per heavy atom. The van der Waals surface area contributed by atoms with Gasteiger partial charge < -0.3 is 10.6 Å². The van der Waals surface area contributed by atoms with E-state index in [1.807, 2.05) is 6.92 Å². The van der Waals surface area contributed by atoms with Gasteiger partial charge in [0.1, 0.15) is 0 Å². The standard InChI is InChI=1S/C12H19N3O2S/c1-9(13)10-6-7-15(8-10)11-2-4-12(5-3-11)18(14,16)17/h2-5,9-10H,6-8,13H2,1H3,(H2,14,16,17). The van der Waals surface area contributed by atoms with E-state index in [-0.39, 0.29) is 10.9 Å². The van der Waals surface area contributed by atoms with Crippen molar-refractivity contribution in [3.05, 3.63) is 24.3 Å². The Bertz CT molecular complexity index is 511. The topological polar surface area (TPSA) is 89.4 Å². The molecule has 2 unspecified atom stereocenters. The van der Waals surface area contributed by atoms with E-state index in [1.54, 1.807) is 24.3 Å². The maximum atomic E-state index is 11.2. The third-order valence-electron chi connectivity index (χ3n) is 3.50. The molecule has 0 amide bonds. The molecule has 1 aliphatic heterocycles. The summed E-state index contributed by atoms with van der Waals surface area (Å²) in [5.74, 6) is 0.503. The van der Waals surface area contributed by atoms with E-state index in [4.69, 9.17) is 10.9 Å². The molecular formula is C12H19N3O2S. The quantitative estimate of drug-likeness (QED) is 0.836. The van der Waals surface area contributed by atoms with Gasteiger partial charge in [0.25, 0.3) is 0 Å². The number of hydrogen-bond donors (Lipinski definition) is 2. The minimum absolute atomic E-state index is 0.147. The summed E-state index contributed by atoms with van der Waals surface area (Å²) < 4.78 is 22.3. The van der Waals surface area contributed by atoms with Crippen LogP contribution in [-0.4, -0.2) is 27.5 Å². The zero-order valence-electron chi connectivity index (χ0n) is 10.4. The molecule has 0 radical (unpaired) electrons. The SMILES string of the molecule is CC(N)C1CCN(c2ccc(S(N)(=O)=O)cc2)C1. The summed E-state index contributed by atoms with van der Waals surface area (Å²) in [6.07, 6.45) is 1.08. The van der Waals surface area contributed by atoms with Gasteiger partial charge in [-0.2, -0.15) is 0 Å². The highest BCUT2D eigenvalue weighted by Crippen LogP contribution is 2.25. The van der Waals surface area contributed by atoms with Crippen LogP contribution in [0, 0.1) is 5.92 Å². The predicted molar refractivity (Wildman–Crippen MR) is 71.8 cm³/mol. The van der Waals surface area contributed by atoms with Crippen molar-refractivity contribution in [1.82, 2.24) is 0 Å². The van der Waals surface area contributed by atoms with Crippen LogP contribution in [0.3, 0.4) is 0 Å². The fraction of sp³-hybridized carbons (Fsp3) is 0.500. The molecule has 0 aliphatic carbocycles. The van der Waals surface area contributed by atoms with Crippen LogP contribution >= 0.6 is 0 Å². The highest BCUT2D eigenvalue weighted by atomic mass is 32.2. The Morgan fingerprint density at radius 3 is 2.39 bits per heavy atom. The largest absolute Gasteiger partial charge is 0.371 e. The molecule has 0 saturated carbocycles. The summed E-state index contributed by atoms with van der Waals surface area (Å²) in [4.78, 5) is 2.37. The zero-order valence-corrected chi connectivity index (χ0v) is 11.2. The lowest BCUT2D eigenvalue weighted by molar-refractivity contribution is 0.488. The molecule has 0 bridgehead atoms. The molecule has 0 spiro atoms. The molecular weight excluding hydrogens is 250 g/mol. The van der Waals surface area contributed by atoms with Crippen molar-refractivity contribution in [1.29, 1.82) is 0 Å². The monoisotopic (exact) mass is 269 g/mol. The molecule has 0 aromatic heterocycles. The van der Waals surface area contributed by atoms with Crippen LogP contribution in [0.1, 0.15) is 13.3 Å². The Morgan fingerprint density at radius 1 is 1.33 bits per heavy atom. The third-order valence-corrected chi connectivity index (χ3v) is 4.43. The molecule has 1 aromatic rings.